The van der Waals surface area contributed by atoms with Crippen molar-refractivity contribution in [1.82, 2.24) is 10.3 Å². The Hall–Kier alpha value is -2.16. The number of aryl methyl sites for hydroxylation is 1. The highest BCUT2D eigenvalue weighted by molar-refractivity contribution is 5.94. The molecule has 3 nitrogen and oxygen atoms in total. The number of nitrogens with zero attached hydrogens (tertiary/aromatic N) is 1. The molecule has 1 fully saturated rings. The van der Waals surface area contributed by atoms with E-state index < -0.39 is 0 Å². The highest BCUT2D eigenvalue weighted by atomic mass is 16.1. The van der Waals surface area contributed by atoms with Crippen LogP contribution in [0.25, 0.3) is 0 Å². The number of rotatable bonds is 4. The van der Waals surface area contributed by atoms with Crippen LogP contribution in [0.15, 0.2) is 48.8 Å². The molecule has 3 heteroatoms. The lowest BCUT2D eigenvalue weighted by atomic mass is 10.0. The number of hydrogen-bond donors (Lipinski definition) is 1. The number of carbonyl (C=O) groups is 1. The van der Waals surface area contributed by atoms with Gasteiger partial charge in [0, 0.05) is 18.0 Å². The van der Waals surface area contributed by atoms with Gasteiger partial charge in [-0.2, -0.15) is 0 Å². The minimum Gasteiger partial charge on any atom is -0.345 e. The smallest absolute Gasteiger partial charge is 0.251 e. The summed E-state index contributed by atoms with van der Waals surface area (Å²) in [5.41, 5.74) is 3.10. The third kappa shape index (κ3) is 2.87. The Balaban J connectivity index is 1.78. The molecule has 3 rings (SSSR count). The molecule has 0 spiro atoms. The van der Waals surface area contributed by atoms with E-state index in [1.807, 2.05) is 0 Å². The van der Waals surface area contributed by atoms with E-state index >= 15 is 0 Å². The molecule has 1 N–H and O–H groups in total. The summed E-state index contributed by atoms with van der Waals surface area (Å²) >= 11 is 0. The Morgan fingerprint density at radius 3 is 2.40 bits per heavy atom. The van der Waals surface area contributed by atoms with Gasteiger partial charge in [0.05, 0.1) is 6.04 Å². The Morgan fingerprint density at radius 1 is 1.15 bits per heavy atom. The summed E-state index contributed by atoms with van der Waals surface area (Å²) in [4.78, 5) is 16.2. The van der Waals surface area contributed by atoms with E-state index in [0.717, 1.165) is 0 Å². The zero-order chi connectivity index (χ0) is 13.9. The van der Waals surface area contributed by atoms with Gasteiger partial charge in [-0.1, -0.05) is 29.8 Å². The fourth-order valence-electron chi connectivity index (χ4n) is 2.40. The third-order valence-electron chi connectivity index (χ3n) is 3.76. The first-order valence-corrected chi connectivity index (χ1v) is 7.01. The average molecular weight is 266 g/mol. The van der Waals surface area contributed by atoms with Gasteiger partial charge < -0.3 is 5.32 Å². The summed E-state index contributed by atoms with van der Waals surface area (Å²) in [6.07, 6.45) is 5.67. The largest absolute Gasteiger partial charge is 0.345 e. The predicted octanol–water partition coefficient (Wildman–Crippen LogP) is 3.27. The van der Waals surface area contributed by atoms with E-state index in [1.54, 1.807) is 24.5 Å². The number of amides is 1. The minimum atomic E-state index is -0.0233. The Kier molecular flexibility index (Phi) is 3.50. The standard InChI is InChI=1S/C17H18N2O/c1-12-2-4-13(5-3-12)16(14-6-7-14)19-17(20)15-8-10-18-11-9-15/h2-5,8-11,14,16H,6-7H2,1H3,(H,19,20). The molecule has 1 aromatic carbocycles. The lowest BCUT2D eigenvalue weighted by molar-refractivity contribution is 0.0931. The van der Waals surface area contributed by atoms with E-state index in [4.69, 9.17) is 0 Å². The average Bonchev–Trinajstić information content (AvgIpc) is 3.31. The zero-order valence-corrected chi connectivity index (χ0v) is 11.5. The van der Waals surface area contributed by atoms with Crippen LogP contribution in [0, 0.1) is 12.8 Å². The monoisotopic (exact) mass is 266 g/mol. The van der Waals surface area contributed by atoms with Gasteiger partial charge in [0.1, 0.15) is 0 Å². The molecule has 1 aromatic heterocycles. The van der Waals surface area contributed by atoms with Crippen molar-refractivity contribution in [3.05, 3.63) is 65.5 Å². The molecule has 0 saturated heterocycles. The highest BCUT2D eigenvalue weighted by Gasteiger charge is 2.33. The van der Waals surface area contributed by atoms with Gasteiger partial charge in [0.2, 0.25) is 0 Å². The van der Waals surface area contributed by atoms with Crippen LogP contribution in [0.4, 0.5) is 0 Å². The molecular weight excluding hydrogens is 248 g/mol. The van der Waals surface area contributed by atoms with Crippen molar-refractivity contribution >= 4 is 5.91 Å². The van der Waals surface area contributed by atoms with Crippen molar-refractivity contribution in [1.29, 1.82) is 0 Å². The van der Waals surface area contributed by atoms with Gasteiger partial charge in [-0.25, -0.2) is 0 Å². The van der Waals surface area contributed by atoms with E-state index in [0.29, 0.717) is 11.5 Å². The van der Waals surface area contributed by atoms with Gasteiger partial charge in [0.15, 0.2) is 0 Å². The maximum Gasteiger partial charge on any atom is 0.251 e. The number of benzene rings is 1. The molecule has 1 aliphatic rings. The number of pyridine rings is 1. The molecule has 102 valence electrons. The molecule has 1 unspecified atom stereocenters. The van der Waals surface area contributed by atoms with Gasteiger partial charge in [-0.3, -0.25) is 9.78 Å². The first kappa shape index (κ1) is 12.9. The van der Waals surface area contributed by atoms with Crippen molar-refractivity contribution in [2.45, 2.75) is 25.8 Å². The van der Waals surface area contributed by atoms with Crippen LogP contribution in [-0.4, -0.2) is 10.9 Å². The fraction of sp³-hybridized carbons (Fsp3) is 0.294. The van der Waals surface area contributed by atoms with Crippen LogP contribution in [0.3, 0.4) is 0 Å². The van der Waals surface area contributed by atoms with E-state index in [2.05, 4.69) is 41.5 Å². The predicted molar refractivity (Wildman–Crippen MR) is 78.3 cm³/mol. The molecule has 0 aliphatic heterocycles. The van der Waals surface area contributed by atoms with E-state index in [-0.39, 0.29) is 11.9 Å². The van der Waals surface area contributed by atoms with Crippen molar-refractivity contribution in [3.8, 4) is 0 Å². The molecule has 20 heavy (non-hydrogen) atoms. The van der Waals surface area contributed by atoms with Gasteiger partial charge >= 0.3 is 0 Å². The normalized spacial score (nSPS) is 15.7. The summed E-state index contributed by atoms with van der Waals surface area (Å²) in [6.45, 7) is 2.07. The topological polar surface area (TPSA) is 42.0 Å². The number of aromatic nitrogens is 1. The van der Waals surface area contributed by atoms with Gasteiger partial charge in [0.25, 0.3) is 5.91 Å². The minimum absolute atomic E-state index is 0.0233. The van der Waals surface area contributed by atoms with Crippen LogP contribution in [0.1, 0.15) is 40.4 Å². The van der Waals surface area contributed by atoms with Crippen LogP contribution < -0.4 is 5.32 Å². The van der Waals surface area contributed by atoms with Crippen LogP contribution in [0.2, 0.25) is 0 Å². The quantitative estimate of drug-likeness (QED) is 0.922. The van der Waals surface area contributed by atoms with Crippen molar-refractivity contribution in [3.63, 3.8) is 0 Å². The Labute approximate surface area is 119 Å². The molecule has 1 saturated carbocycles. The maximum absolute atomic E-state index is 12.3. The van der Waals surface area contributed by atoms with E-state index in [9.17, 15) is 4.79 Å². The number of nitrogens with one attached hydrogen (secondary N) is 1. The summed E-state index contributed by atoms with van der Waals surface area (Å²) in [7, 11) is 0. The van der Waals surface area contributed by atoms with Crippen molar-refractivity contribution in [2.75, 3.05) is 0 Å². The van der Waals surface area contributed by atoms with Crippen LogP contribution in [0.5, 0.6) is 0 Å². The maximum atomic E-state index is 12.3. The summed E-state index contributed by atoms with van der Waals surface area (Å²) in [6, 6.07) is 12.0. The molecule has 1 amide bonds. The molecular formula is C17H18N2O. The fourth-order valence-corrected chi connectivity index (χ4v) is 2.40. The van der Waals surface area contributed by atoms with Crippen LogP contribution >= 0.6 is 0 Å². The van der Waals surface area contributed by atoms with Gasteiger partial charge in [-0.15, -0.1) is 0 Å². The van der Waals surface area contributed by atoms with Gasteiger partial charge in [-0.05, 0) is 43.4 Å². The molecule has 1 atom stereocenters. The molecule has 0 bridgehead atoms. The SMILES string of the molecule is Cc1ccc(C(NC(=O)c2ccncc2)C2CC2)cc1. The lowest BCUT2D eigenvalue weighted by Crippen LogP contribution is -2.29. The first-order chi connectivity index (χ1) is 9.74. The highest BCUT2D eigenvalue weighted by Crippen LogP contribution is 2.41. The summed E-state index contributed by atoms with van der Waals surface area (Å²) < 4.78 is 0. The van der Waals surface area contributed by atoms with Crippen LogP contribution in [-0.2, 0) is 0 Å². The van der Waals surface area contributed by atoms with Crippen molar-refractivity contribution in [2.24, 2.45) is 5.92 Å². The van der Waals surface area contributed by atoms with Crippen molar-refractivity contribution < 1.29 is 4.79 Å². The second-order valence-electron chi connectivity index (χ2n) is 5.44. The Bertz CT molecular complexity index is 588. The zero-order valence-electron chi connectivity index (χ0n) is 11.5. The van der Waals surface area contributed by atoms with E-state index in [1.165, 1.54) is 24.0 Å². The third-order valence-corrected chi connectivity index (χ3v) is 3.76. The number of hydrogen-bond acceptors (Lipinski definition) is 2. The summed E-state index contributed by atoms with van der Waals surface area (Å²) in [5.74, 6) is 0.549. The lowest BCUT2D eigenvalue weighted by Gasteiger charge is -2.19. The first-order valence-electron chi connectivity index (χ1n) is 7.01. The summed E-state index contributed by atoms with van der Waals surface area (Å²) in [5, 5.41) is 3.16. The Morgan fingerprint density at radius 2 is 1.80 bits per heavy atom. The second kappa shape index (κ2) is 5.45. The molecule has 1 heterocycles. The molecule has 2 aromatic rings. The number of carbonyl (C=O) groups excluding carboxylic acids is 1. The molecule has 0 radical (unpaired) electrons. The molecule has 1 aliphatic carbocycles. The second-order valence-corrected chi connectivity index (χ2v) is 5.44.